The van der Waals surface area contributed by atoms with Crippen LogP contribution in [0.3, 0.4) is 0 Å². The highest BCUT2D eigenvalue weighted by molar-refractivity contribution is 6.33. The van der Waals surface area contributed by atoms with Crippen molar-refractivity contribution in [2.24, 2.45) is 0 Å². The molecule has 0 atom stereocenters. The van der Waals surface area contributed by atoms with Gasteiger partial charge in [-0.25, -0.2) is 4.98 Å². The van der Waals surface area contributed by atoms with Gasteiger partial charge in [0.15, 0.2) is 5.82 Å². The fourth-order valence-corrected chi connectivity index (χ4v) is 1.80. The molecule has 2 rings (SSSR count). The number of carbonyl (C=O) groups excluding carboxylic acids is 1. The molecule has 0 unspecified atom stereocenters. The van der Waals surface area contributed by atoms with Crippen molar-refractivity contribution in [3.8, 4) is 0 Å². The summed E-state index contributed by atoms with van der Waals surface area (Å²) in [6.07, 6.45) is 0. The Kier molecular flexibility index (Phi) is 3.71. The van der Waals surface area contributed by atoms with E-state index in [4.69, 9.17) is 17.3 Å². The smallest absolute Gasteiger partial charge is 0.254 e. The largest absolute Gasteiger partial charge is 0.398 e. The van der Waals surface area contributed by atoms with E-state index < -0.39 is 0 Å². The molecule has 1 aromatic carbocycles. The lowest BCUT2D eigenvalue weighted by Crippen LogP contribution is -2.26. The van der Waals surface area contributed by atoms with Crippen molar-refractivity contribution in [2.75, 3.05) is 12.8 Å². The highest BCUT2D eigenvalue weighted by atomic mass is 35.5. The van der Waals surface area contributed by atoms with E-state index in [1.54, 1.807) is 32.2 Å². The SMILES string of the molecule is Cc1nc(CN(C)C(=O)c2ccc(N)c(Cl)c2)n[nH]1. The molecule has 0 saturated heterocycles. The standard InChI is InChI=1S/C12H14ClN5O/c1-7-15-11(17-16-7)6-18(2)12(19)8-3-4-10(14)9(13)5-8/h3-5H,6,14H2,1-2H3,(H,15,16,17). The van der Waals surface area contributed by atoms with Gasteiger partial charge < -0.3 is 10.6 Å². The van der Waals surface area contributed by atoms with Gasteiger partial charge in [0.25, 0.3) is 5.91 Å². The highest BCUT2D eigenvalue weighted by Crippen LogP contribution is 2.20. The van der Waals surface area contributed by atoms with Gasteiger partial charge in [-0.2, -0.15) is 5.10 Å². The van der Waals surface area contributed by atoms with Crippen molar-refractivity contribution < 1.29 is 4.79 Å². The lowest BCUT2D eigenvalue weighted by molar-refractivity contribution is 0.0781. The highest BCUT2D eigenvalue weighted by Gasteiger charge is 2.14. The van der Waals surface area contributed by atoms with E-state index in [2.05, 4.69) is 15.2 Å². The van der Waals surface area contributed by atoms with Crippen molar-refractivity contribution in [3.05, 3.63) is 40.4 Å². The third kappa shape index (κ3) is 3.03. The number of hydrogen-bond acceptors (Lipinski definition) is 4. The first-order valence-electron chi connectivity index (χ1n) is 5.65. The second-order valence-electron chi connectivity index (χ2n) is 4.23. The van der Waals surface area contributed by atoms with Gasteiger partial charge in [-0.1, -0.05) is 11.6 Å². The van der Waals surface area contributed by atoms with Crippen LogP contribution < -0.4 is 5.73 Å². The summed E-state index contributed by atoms with van der Waals surface area (Å²) in [6.45, 7) is 2.13. The molecule has 0 spiro atoms. The fraction of sp³-hybridized carbons (Fsp3) is 0.250. The van der Waals surface area contributed by atoms with Crippen molar-refractivity contribution in [2.45, 2.75) is 13.5 Å². The van der Waals surface area contributed by atoms with E-state index in [1.807, 2.05) is 0 Å². The number of benzene rings is 1. The summed E-state index contributed by atoms with van der Waals surface area (Å²) in [4.78, 5) is 17.9. The molecule has 19 heavy (non-hydrogen) atoms. The summed E-state index contributed by atoms with van der Waals surface area (Å²) in [7, 11) is 1.68. The van der Waals surface area contributed by atoms with Gasteiger partial charge in [-0.05, 0) is 25.1 Å². The number of aromatic amines is 1. The van der Waals surface area contributed by atoms with E-state index >= 15 is 0 Å². The van der Waals surface area contributed by atoms with Crippen LogP contribution in [0, 0.1) is 6.92 Å². The van der Waals surface area contributed by atoms with Gasteiger partial charge >= 0.3 is 0 Å². The number of aryl methyl sites for hydroxylation is 1. The summed E-state index contributed by atoms with van der Waals surface area (Å²) in [6, 6.07) is 4.81. The summed E-state index contributed by atoms with van der Waals surface area (Å²) in [5.74, 6) is 1.12. The Hall–Kier alpha value is -2.08. The van der Waals surface area contributed by atoms with Crippen molar-refractivity contribution in [1.29, 1.82) is 0 Å². The molecule has 1 aromatic heterocycles. The molecule has 0 radical (unpaired) electrons. The summed E-state index contributed by atoms with van der Waals surface area (Å²) < 4.78 is 0. The lowest BCUT2D eigenvalue weighted by atomic mass is 10.2. The zero-order chi connectivity index (χ0) is 14.0. The van der Waals surface area contributed by atoms with Gasteiger partial charge in [-0.3, -0.25) is 9.89 Å². The topological polar surface area (TPSA) is 87.9 Å². The number of H-pyrrole nitrogens is 1. The van der Waals surface area contributed by atoms with Gasteiger partial charge in [0.05, 0.1) is 17.3 Å². The maximum atomic E-state index is 12.2. The quantitative estimate of drug-likeness (QED) is 0.836. The number of nitrogen functional groups attached to an aromatic ring is 1. The average molecular weight is 280 g/mol. The molecule has 1 amide bonds. The maximum Gasteiger partial charge on any atom is 0.254 e. The number of nitrogens with zero attached hydrogens (tertiary/aromatic N) is 3. The van der Waals surface area contributed by atoms with E-state index in [0.717, 1.165) is 0 Å². The number of halogens is 1. The minimum atomic E-state index is -0.163. The number of hydrogen-bond donors (Lipinski definition) is 2. The number of anilines is 1. The summed E-state index contributed by atoms with van der Waals surface area (Å²) in [5.41, 5.74) is 6.54. The van der Waals surface area contributed by atoms with Crippen molar-refractivity contribution in [1.82, 2.24) is 20.1 Å². The minimum Gasteiger partial charge on any atom is -0.398 e. The number of amides is 1. The van der Waals surface area contributed by atoms with E-state index in [0.29, 0.717) is 34.5 Å². The zero-order valence-electron chi connectivity index (χ0n) is 10.6. The molecule has 0 fully saturated rings. The Morgan fingerprint density at radius 1 is 1.53 bits per heavy atom. The molecule has 0 aliphatic heterocycles. The van der Waals surface area contributed by atoms with Crippen LogP contribution in [0.2, 0.25) is 5.02 Å². The molecular formula is C12H14ClN5O. The maximum absolute atomic E-state index is 12.2. The molecule has 0 aliphatic rings. The molecule has 2 aromatic rings. The monoisotopic (exact) mass is 279 g/mol. The van der Waals surface area contributed by atoms with Crippen LogP contribution >= 0.6 is 11.6 Å². The summed E-state index contributed by atoms with van der Waals surface area (Å²) >= 11 is 5.90. The first-order valence-corrected chi connectivity index (χ1v) is 6.03. The molecule has 1 heterocycles. The predicted molar refractivity (Wildman–Crippen MR) is 72.8 cm³/mol. The van der Waals surface area contributed by atoms with Crippen LogP contribution in [0.1, 0.15) is 22.0 Å². The number of rotatable bonds is 3. The molecule has 0 bridgehead atoms. The Morgan fingerprint density at radius 3 is 2.84 bits per heavy atom. The number of nitrogens with two attached hydrogens (primary N) is 1. The van der Waals surface area contributed by atoms with Crippen LogP contribution in [-0.4, -0.2) is 33.0 Å². The molecule has 3 N–H and O–H groups in total. The molecule has 7 heteroatoms. The number of nitrogens with one attached hydrogen (secondary N) is 1. The molecule has 0 aliphatic carbocycles. The molecule has 6 nitrogen and oxygen atoms in total. The third-order valence-electron chi connectivity index (χ3n) is 2.62. The van der Waals surface area contributed by atoms with Crippen molar-refractivity contribution >= 4 is 23.2 Å². The fourth-order valence-electron chi connectivity index (χ4n) is 1.62. The van der Waals surface area contributed by atoms with Crippen LogP contribution in [0.5, 0.6) is 0 Å². The summed E-state index contributed by atoms with van der Waals surface area (Å²) in [5, 5.41) is 7.09. The lowest BCUT2D eigenvalue weighted by Gasteiger charge is -2.15. The van der Waals surface area contributed by atoms with Gasteiger partial charge in [0.2, 0.25) is 0 Å². The first kappa shape index (κ1) is 13.4. The average Bonchev–Trinajstić information content (AvgIpc) is 2.77. The number of carbonyl (C=O) groups is 1. The first-order chi connectivity index (χ1) is 8.97. The van der Waals surface area contributed by atoms with Gasteiger partial charge in [0.1, 0.15) is 5.82 Å². The van der Waals surface area contributed by atoms with Gasteiger partial charge in [0, 0.05) is 12.6 Å². The van der Waals surface area contributed by atoms with E-state index in [1.165, 1.54) is 4.90 Å². The molecule has 0 saturated carbocycles. The van der Waals surface area contributed by atoms with Crippen LogP contribution in [0.25, 0.3) is 0 Å². The van der Waals surface area contributed by atoms with Crippen molar-refractivity contribution in [3.63, 3.8) is 0 Å². The van der Waals surface area contributed by atoms with Crippen LogP contribution in [-0.2, 0) is 6.54 Å². The molecule has 100 valence electrons. The van der Waals surface area contributed by atoms with Crippen LogP contribution in [0.4, 0.5) is 5.69 Å². The third-order valence-corrected chi connectivity index (χ3v) is 2.94. The van der Waals surface area contributed by atoms with E-state index in [-0.39, 0.29) is 5.91 Å². The van der Waals surface area contributed by atoms with Gasteiger partial charge in [-0.15, -0.1) is 0 Å². The normalized spacial score (nSPS) is 10.5. The second kappa shape index (κ2) is 5.27. The zero-order valence-corrected chi connectivity index (χ0v) is 11.4. The predicted octanol–water partition coefficient (Wildman–Crippen LogP) is 1.62. The Bertz CT molecular complexity index is 610. The Morgan fingerprint density at radius 2 is 2.26 bits per heavy atom. The van der Waals surface area contributed by atoms with E-state index in [9.17, 15) is 4.79 Å². The number of aromatic nitrogens is 3. The Balaban J connectivity index is 2.12. The second-order valence-corrected chi connectivity index (χ2v) is 4.64. The van der Waals surface area contributed by atoms with Crippen LogP contribution in [0.15, 0.2) is 18.2 Å². The Labute approximate surface area is 115 Å². The minimum absolute atomic E-state index is 0.163. The molecular weight excluding hydrogens is 266 g/mol.